The number of rotatable bonds is 4. The summed E-state index contributed by atoms with van der Waals surface area (Å²) in [5, 5.41) is 11.8. The van der Waals surface area contributed by atoms with Gasteiger partial charge in [-0.3, -0.25) is 9.59 Å². The van der Waals surface area contributed by atoms with Crippen molar-refractivity contribution in [2.75, 3.05) is 6.61 Å². The first-order valence-corrected chi connectivity index (χ1v) is 6.31. The van der Waals surface area contributed by atoms with Crippen molar-refractivity contribution in [3.63, 3.8) is 0 Å². The molecule has 1 amide bonds. The van der Waals surface area contributed by atoms with Gasteiger partial charge in [0, 0.05) is 12.6 Å². The largest absolute Gasteiger partial charge is 0.481 e. The molecule has 2 saturated carbocycles. The minimum atomic E-state index is -0.689. The van der Waals surface area contributed by atoms with Crippen molar-refractivity contribution in [1.29, 1.82) is 0 Å². The van der Waals surface area contributed by atoms with E-state index < -0.39 is 5.97 Å². The van der Waals surface area contributed by atoms with Crippen molar-refractivity contribution in [3.05, 3.63) is 0 Å². The molecule has 5 nitrogen and oxygen atoms in total. The van der Waals surface area contributed by atoms with Crippen molar-refractivity contribution < 1.29 is 19.4 Å². The first-order valence-electron chi connectivity index (χ1n) is 6.31. The monoisotopic (exact) mass is 239 g/mol. The van der Waals surface area contributed by atoms with Gasteiger partial charge in [-0.15, -0.1) is 0 Å². The molecule has 17 heavy (non-hydrogen) atoms. The van der Waals surface area contributed by atoms with Gasteiger partial charge in [0.25, 0.3) is 0 Å². The summed E-state index contributed by atoms with van der Waals surface area (Å²) in [4.78, 5) is 22.5. The Balaban J connectivity index is 1.43. The predicted molar refractivity (Wildman–Crippen MR) is 58.2 cm³/mol. The maximum Gasteiger partial charge on any atom is 0.306 e. The van der Waals surface area contributed by atoms with Crippen LogP contribution in [-0.4, -0.2) is 35.7 Å². The summed E-state index contributed by atoms with van der Waals surface area (Å²) in [6.45, 7) is 0.676. The summed E-state index contributed by atoms with van der Waals surface area (Å²) >= 11 is 0. The molecule has 3 fully saturated rings. The number of carboxylic acid groups (broad SMARTS) is 1. The third-order valence-electron chi connectivity index (χ3n) is 4.10. The minimum absolute atomic E-state index is 0.0116. The zero-order valence-corrected chi connectivity index (χ0v) is 9.59. The van der Waals surface area contributed by atoms with Gasteiger partial charge < -0.3 is 15.2 Å². The number of carboxylic acids is 1. The topological polar surface area (TPSA) is 75.6 Å². The van der Waals surface area contributed by atoms with E-state index >= 15 is 0 Å². The van der Waals surface area contributed by atoms with Crippen molar-refractivity contribution >= 4 is 11.9 Å². The Morgan fingerprint density at radius 2 is 2.06 bits per heavy atom. The first-order chi connectivity index (χ1) is 8.16. The van der Waals surface area contributed by atoms with Gasteiger partial charge in [-0.1, -0.05) is 0 Å². The van der Waals surface area contributed by atoms with Gasteiger partial charge in [-0.05, 0) is 37.5 Å². The molecule has 3 aliphatic rings. The highest BCUT2D eigenvalue weighted by Gasteiger charge is 2.57. The molecule has 2 N–H and O–H groups in total. The normalized spacial score (nSPS) is 43.2. The predicted octanol–water partition coefficient (Wildman–Crippen LogP) is 0.391. The van der Waals surface area contributed by atoms with Crippen LogP contribution >= 0.6 is 0 Å². The van der Waals surface area contributed by atoms with E-state index in [1.54, 1.807) is 0 Å². The Hall–Kier alpha value is -1.10. The second-order valence-corrected chi connectivity index (χ2v) is 5.36. The average molecular weight is 239 g/mol. The quantitative estimate of drug-likeness (QED) is 0.744. The molecular weight excluding hydrogens is 222 g/mol. The number of amides is 1. The van der Waals surface area contributed by atoms with Gasteiger partial charge in [0.2, 0.25) is 5.91 Å². The summed E-state index contributed by atoms with van der Waals surface area (Å²) < 4.78 is 5.31. The second kappa shape index (κ2) is 3.98. The van der Waals surface area contributed by atoms with Crippen molar-refractivity contribution in [1.82, 2.24) is 5.32 Å². The van der Waals surface area contributed by atoms with Gasteiger partial charge in [-0.2, -0.15) is 0 Å². The fourth-order valence-corrected chi connectivity index (χ4v) is 2.89. The van der Waals surface area contributed by atoms with Gasteiger partial charge in [0.15, 0.2) is 0 Å². The zero-order chi connectivity index (χ0) is 12.0. The van der Waals surface area contributed by atoms with Crippen LogP contribution in [0, 0.1) is 17.8 Å². The Morgan fingerprint density at radius 3 is 2.65 bits per heavy atom. The van der Waals surface area contributed by atoms with E-state index in [9.17, 15) is 9.59 Å². The lowest BCUT2D eigenvalue weighted by atomic mass is 10.2. The molecule has 0 unspecified atom stereocenters. The molecule has 94 valence electrons. The fraction of sp³-hybridized carbons (Fsp3) is 0.833. The lowest BCUT2D eigenvalue weighted by Gasteiger charge is -2.09. The number of nitrogens with one attached hydrogen (secondary N) is 1. The standard InChI is InChI=1S/C12H17NO4/c14-11(10-2-1-3-17-10)13-9-5-7(9)6-4-8(6)12(15)16/h6-10H,1-5H2,(H,13,14)(H,15,16)/t6-,7+,8-,9+,10+/m1/s1. The van der Waals surface area contributed by atoms with Gasteiger partial charge in [-0.25, -0.2) is 0 Å². The molecule has 3 rings (SSSR count). The molecule has 1 heterocycles. The third kappa shape index (κ3) is 2.16. The second-order valence-electron chi connectivity index (χ2n) is 5.36. The van der Waals surface area contributed by atoms with E-state index in [2.05, 4.69) is 5.32 Å². The van der Waals surface area contributed by atoms with E-state index in [0.29, 0.717) is 18.4 Å². The summed E-state index contributed by atoms with van der Waals surface area (Å²) in [6.07, 6.45) is 3.21. The zero-order valence-electron chi connectivity index (χ0n) is 9.59. The molecule has 5 atom stereocenters. The molecule has 0 radical (unpaired) electrons. The molecule has 0 spiro atoms. The van der Waals surface area contributed by atoms with Crippen LogP contribution in [0.3, 0.4) is 0 Å². The highest BCUT2D eigenvalue weighted by molar-refractivity contribution is 5.81. The van der Waals surface area contributed by atoms with Crippen molar-refractivity contribution in [3.8, 4) is 0 Å². The number of ether oxygens (including phenoxy) is 1. The number of carbonyl (C=O) groups is 2. The average Bonchev–Trinajstić information content (AvgIpc) is 3.15. The number of carbonyl (C=O) groups excluding carboxylic acids is 1. The molecule has 2 aliphatic carbocycles. The lowest BCUT2D eigenvalue weighted by Crippen LogP contribution is -2.36. The molecule has 1 saturated heterocycles. The van der Waals surface area contributed by atoms with E-state index in [4.69, 9.17) is 9.84 Å². The molecule has 0 aromatic rings. The van der Waals surface area contributed by atoms with Crippen molar-refractivity contribution in [2.24, 2.45) is 17.8 Å². The maximum absolute atomic E-state index is 11.7. The van der Waals surface area contributed by atoms with Crippen LogP contribution in [0.2, 0.25) is 0 Å². The third-order valence-corrected chi connectivity index (χ3v) is 4.10. The van der Waals surface area contributed by atoms with Crippen LogP contribution in [0.4, 0.5) is 0 Å². The molecule has 5 heteroatoms. The fourth-order valence-electron chi connectivity index (χ4n) is 2.89. The van der Waals surface area contributed by atoms with Crippen LogP contribution < -0.4 is 5.32 Å². The molecule has 0 aromatic carbocycles. The molecule has 1 aliphatic heterocycles. The van der Waals surface area contributed by atoms with Crippen LogP contribution in [0.15, 0.2) is 0 Å². The summed E-state index contributed by atoms with van der Waals surface area (Å²) in [5.74, 6) is -0.179. The van der Waals surface area contributed by atoms with E-state index in [1.807, 2.05) is 0 Å². The number of aliphatic carboxylic acids is 1. The summed E-state index contributed by atoms with van der Waals surface area (Å²) in [5.41, 5.74) is 0. The van der Waals surface area contributed by atoms with Crippen LogP contribution in [-0.2, 0) is 14.3 Å². The Morgan fingerprint density at radius 1 is 1.24 bits per heavy atom. The molecule has 0 aromatic heterocycles. The highest BCUT2D eigenvalue weighted by Crippen LogP contribution is 2.54. The van der Waals surface area contributed by atoms with E-state index in [0.717, 1.165) is 25.7 Å². The molecular formula is C12H17NO4. The number of hydrogen-bond acceptors (Lipinski definition) is 3. The van der Waals surface area contributed by atoms with Crippen molar-refractivity contribution in [2.45, 2.75) is 37.8 Å². The SMILES string of the molecule is O=C(N[C@H]1C[C@H]1[C@H]1C[C@H]1C(=O)O)[C@@H]1CCCO1. The van der Waals surface area contributed by atoms with Crippen LogP contribution in [0.1, 0.15) is 25.7 Å². The van der Waals surface area contributed by atoms with Gasteiger partial charge in [0.05, 0.1) is 5.92 Å². The van der Waals surface area contributed by atoms with Gasteiger partial charge in [0.1, 0.15) is 6.10 Å². The molecule has 0 bridgehead atoms. The van der Waals surface area contributed by atoms with Crippen LogP contribution in [0.25, 0.3) is 0 Å². The minimum Gasteiger partial charge on any atom is -0.481 e. The number of hydrogen-bond donors (Lipinski definition) is 2. The summed E-state index contributed by atoms with van der Waals surface area (Å²) in [7, 11) is 0. The summed E-state index contributed by atoms with van der Waals surface area (Å²) in [6, 6.07) is 0.195. The van der Waals surface area contributed by atoms with Crippen LogP contribution in [0.5, 0.6) is 0 Å². The highest BCUT2D eigenvalue weighted by atomic mass is 16.5. The maximum atomic E-state index is 11.7. The van der Waals surface area contributed by atoms with E-state index in [1.165, 1.54) is 0 Å². The Bertz CT molecular complexity index is 350. The lowest BCUT2D eigenvalue weighted by molar-refractivity contribution is -0.138. The smallest absolute Gasteiger partial charge is 0.306 e. The van der Waals surface area contributed by atoms with Gasteiger partial charge >= 0.3 is 5.97 Å². The van der Waals surface area contributed by atoms with E-state index in [-0.39, 0.29) is 24.0 Å². The Labute approximate surface area is 99.5 Å². The first kappa shape index (κ1) is 11.0. The Kier molecular flexibility index (Phi) is 2.58.